The molecule has 1 saturated heterocycles. The maximum Gasteiger partial charge on any atom is 0.214 e. The lowest BCUT2D eigenvalue weighted by Crippen LogP contribution is -2.50. The molecule has 0 radical (unpaired) electrons. The van der Waals surface area contributed by atoms with Gasteiger partial charge in [0.2, 0.25) is 10.0 Å². The monoisotopic (exact) mass is 313 g/mol. The average molecular weight is 314 g/mol. The average Bonchev–Trinajstić information content (AvgIpc) is 2.25. The number of hydrogen-bond donors (Lipinski definition) is 0. The van der Waals surface area contributed by atoms with Crippen molar-refractivity contribution in [2.24, 2.45) is 0 Å². The first-order valence-electron chi connectivity index (χ1n) is 5.68. The van der Waals surface area contributed by atoms with Gasteiger partial charge in [-0.05, 0) is 13.3 Å². The van der Waals surface area contributed by atoms with Crippen LogP contribution in [0.2, 0.25) is 0 Å². The first kappa shape index (κ1) is 14.4. The van der Waals surface area contributed by atoms with Crippen molar-refractivity contribution in [2.45, 2.75) is 38.9 Å². The predicted molar refractivity (Wildman–Crippen MR) is 68.4 cm³/mol. The number of morpholine rings is 1. The lowest BCUT2D eigenvalue weighted by atomic mass is 10.3. The fourth-order valence-corrected chi connectivity index (χ4v) is 3.87. The Morgan fingerprint density at radius 3 is 2.69 bits per heavy atom. The van der Waals surface area contributed by atoms with Crippen molar-refractivity contribution in [3.05, 3.63) is 0 Å². The van der Waals surface area contributed by atoms with Gasteiger partial charge in [0.05, 0.1) is 18.0 Å². The van der Waals surface area contributed by atoms with Crippen molar-refractivity contribution in [1.82, 2.24) is 4.31 Å². The Morgan fingerprint density at radius 1 is 1.44 bits per heavy atom. The Labute approximate surface area is 107 Å². The molecule has 0 bridgehead atoms. The van der Waals surface area contributed by atoms with Crippen molar-refractivity contribution >= 4 is 26.0 Å². The predicted octanol–water partition coefficient (Wildman–Crippen LogP) is 1.60. The molecule has 2 unspecified atom stereocenters. The Balaban J connectivity index is 2.64. The number of halogens is 1. The van der Waals surface area contributed by atoms with Crippen LogP contribution in [0.15, 0.2) is 0 Å². The van der Waals surface area contributed by atoms with Crippen LogP contribution >= 0.6 is 15.9 Å². The summed E-state index contributed by atoms with van der Waals surface area (Å²) in [6, 6.07) is 0. The highest BCUT2D eigenvalue weighted by atomic mass is 79.9. The van der Waals surface area contributed by atoms with Gasteiger partial charge in [-0.1, -0.05) is 29.3 Å². The van der Waals surface area contributed by atoms with Crippen LogP contribution < -0.4 is 0 Å². The molecule has 0 aromatic carbocycles. The van der Waals surface area contributed by atoms with Gasteiger partial charge in [0.15, 0.2) is 0 Å². The van der Waals surface area contributed by atoms with Crippen molar-refractivity contribution in [1.29, 1.82) is 0 Å². The Morgan fingerprint density at radius 2 is 2.12 bits per heavy atom. The van der Waals surface area contributed by atoms with Crippen molar-refractivity contribution in [2.75, 3.05) is 24.2 Å². The second-order valence-electron chi connectivity index (χ2n) is 4.21. The molecule has 0 spiro atoms. The molecule has 1 fully saturated rings. The van der Waals surface area contributed by atoms with E-state index in [0.717, 1.165) is 12.8 Å². The molecule has 6 heteroatoms. The van der Waals surface area contributed by atoms with E-state index in [9.17, 15) is 8.42 Å². The summed E-state index contributed by atoms with van der Waals surface area (Å²) in [6.07, 6.45) is 1.58. The van der Waals surface area contributed by atoms with Crippen LogP contribution in [0, 0.1) is 0 Å². The summed E-state index contributed by atoms with van der Waals surface area (Å²) in [7, 11) is -3.09. The Hall–Kier alpha value is 0.350. The second kappa shape index (κ2) is 6.33. The summed E-state index contributed by atoms with van der Waals surface area (Å²) in [5.41, 5.74) is 0. The molecular formula is C10H20BrNO3S. The summed E-state index contributed by atoms with van der Waals surface area (Å²) in [6.45, 7) is 4.87. The van der Waals surface area contributed by atoms with Crippen LogP contribution in [-0.2, 0) is 14.8 Å². The molecule has 1 aliphatic heterocycles. The fourth-order valence-electron chi connectivity index (χ4n) is 1.77. The third-order valence-corrected chi connectivity index (χ3v) is 5.23. The number of nitrogens with zero attached hydrogens (tertiary/aromatic N) is 1. The molecular weight excluding hydrogens is 294 g/mol. The maximum absolute atomic E-state index is 12.0. The molecule has 0 saturated carbocycles. The third-order valence-electron chi connectivity index (χ3n) is 2.61. The van der Waals surface area contributed by atoms with Crippen molar-refractivity contribution < 1.29 is 13.2 Å². The normalized spacial score (nSPS) is 28.2. The molecule has 0 amide bonds. The van der Waals surface area contributed by atoms with E-state index in [-0.39, 0.29) is 18.0 Å². The highest BCUT2D eigenvalue weighted by molar-refractivity contribution is 9.09. The molecule has 1 rings (SSSR count). The molecule has 0 aromatic heterocycles. The fraction of sp³-hybridized carbons (Fsp3) is 1.00. The number of unbranched alkanes of at least 4 members (excludes halogenated alkanes) is 1. The van der Waals surface area contributed by atoms with Crippen LogP contribution in [0.3, 0.4) is 0 Å². The minimum atomic E-state index is -3.09. The van der Waals surface area contributed by atoms with Crippen LogP contribution in [0.5, 0.6) is 0 Å². The van der Waals surface area contributed by atoms with Gasteiger partial charge in [-0.3, -0.25) is 0 Å². The van der Waals surface area contributed by atoms with Gasteiger partial charge < -0.3 is 4.74 Å². The van der Waals surface area contributed by atoms with E-state index in [1.807, 2.05) is 13.8 Å². The smallest absolute Gasteiger partial charge is 0.214 e. The van der Waals surface area contributed by atoms with Crippen LogP contribution in [-0.4, -0.2) is 49.1 Å². The van der Waals surface area contributed by atoms with Gasteiger partial charge >= 0.3 is 0 Å². The molecule has 0 N–H and O–H groups in total. The summed E-state index contributed by atoms with van der Waals surface area (Å²) in [5, 5.41) is 0.678. The topological polar surface area (TPSA) is 46.6 Å². The SMILES string of the molecule is CCCCS(=O)(=O)N1CC(C)OC(CBr)C1. The summed E-state index contributed by atoms with van der Waals surface area (Å²) in [5.74, 6) is 0.255. The zero-order valence-electron chi connectivity index (χ0n) is 9.86. The zero-order chi connectivity index (χ0) is 12.2. The molecule has 2 atom stereocenters. The summed E-state index contributed by atoms with van der Waals surface area (Å²) >= 11 is 3.34. The van der Waals surface area contributed by atoms with E-state index in [1.54, 1.807) is 4.31 Å². The van der Waals surface area contributed by atoms with E-state index in [0.29, 0.717) is 18.4 Å². The largest absolute Gasteiger partial charge is 0.372 e. The van der Waals surface area contributed by atoms with E-state index >= 15 is 0 Å². The van der Waals surface area contributed by atoms with Gasteiger partial charge in [-0.2, -0.15) is 4.31 Å². The molecule has 16 heavy (non-hydrogen) atoms. The minimum absolute atomic E-state index is 0.0206. The number of hydrogen-bond acceptors (Lipinski definition) is 3. The number of ether oxygens (including phenoxy) is 1. The molecule has 0 aliphatic carbocycles. The molecule has 4 nitrogen and oxygen atoms in total. The number of alkyl halides is 1. The highest BCUT2D eigenvalue weighted by Gasteiger charge is 2.31. The van der Waals surface area contributed by atoms with E-state index in [4.69, 9.17) is 4.74 Å². The van der Waals surface area contributed by atoms with Crippen LogP contribution in [0.4, 0.5) is 0 Å². The second-order valence-corrected chi connectivity index (χ2v) is 6.95. The maximum atomic E-state index is 12.0. The van der Waals surface area contributed by atoms with E-state index in [1.165, 1.54) is 0 Å². The highest BCUT2D eigenvalue weighted by Crippen LogP contribution is 2.17. The molecule has 1 heterocycles. The lowest BCUT2D eigenvalue weighted by Gasteiger charge is -2.35. The number of sulfonamides is 1. The Kier molecular flexibility index (Phi) is 5.70. The van der Waals surface area contributed by atoms with E-state index in [2.05, 4.69) is 15.9 Å². The first-order chi connectivity index (χ1) is 7.49. The summed E-state index contributed by atoms with van der Waals surface area (Å²) in [4.78, 5) is 0. The molecule has 0 aromatic rings. The zero-order valence-corrected chi connectivity index (χ0v) is 12.3. The molecule has 1 aliphatic rings. The van der Waals surface area contributed by atoms with E-state index < -0.39 is 10.0 Å². The first-order valence-corrected chi connectivity index (χ1v) is 8.42. The number of rotatable bonds is 5. The van der Waals surface area contributed by atoms with Gasteiger partial charge in [0.1, 0.15) is 0 Å². The van der Waals surface area contributed by atoms with Gasteiger partial charge in [-0.25, -0.2) is 8.42 Å². The van der Waals surface area contributed by atoms with Gasteiger partial charge in [0.25, 0.3) is 0 Å². The standard InChI is InChI=1S/C10H20BrNO3S/c1-3-4-5-16(13,14)12-7-9(2)15-10(6-11)8-12/h9-10H,3-8H2,1-2H3. The van der Waals surface area contributed by atoms with Crippen molar-refractivity contribution in [3.63, 3.8) is 0 Å². The third kappa shape index (κ3) is 3.98. The van der Waals surface area contributed by atoms with Gasteiger partial charge in [0, 0.05) is 18.4 Å². The Bertz CT molecular complexity index is 307. The summed E-state index contributed by atoms with van der Waals surface area (Å²) < 4.78 is 31.2. The van der Waals surface area contributed by atoms with Crippen molar-refractivity contribution in [3.8, 4) is 0 Å². The quantitative estimate of drug-likeness (QED) is 0.724. The van der Waals surface area contributed by atoms with Crippen LogP contribution in [0.1, 0.15) is 26.7 Å². The van der Waals surface area contributed by atoms with Crippen LogP contribution in [0.25, 0.3) is 0 Å². The molecule has 96 valence electrons. The minimum Gasteiger partial charge on any atom is -0.372 e. The lowest BCUT2D eigenvalue weighted by molar-refractivity contribution is -0.0411. The van der Waals surface area contributed by atoms with Gasteiger partial charge in [-0.15, -0.1) is 0 Å².